The summed E-state index contributed by atoms with van der Waals surface area (Å²) in [5, 5.41) is 0. The molecular weight excluding hydrogens is 186 g/mol. The van der Waals surface area contributed by atoms with Crippen molar-refractivity contribution < 1.29 is 4.79 Å². The smallest absolute Gasteiger partial charge is 0.245 e. The third-order valence-electron chi connectivity index (χ3n) is 2.43. The number of amides is 1. The van der Waals surface area contributed by atoms with E-state index in [1.165, 1.54) is 38.5 Å². The third kappa shape index (κ3) is 9.51. The number of unbranched alkanes of at least 4 members (excludes halogenated alkanes) is 6. The van der Waals surface area contributed by atoms with Gasteiger partial charge in [-0.05, 0) is 18.9 Å². The van der Waals surface area contributed by atoms with E-state index in [1.807, 2.05) is 6.08 Å². The molecule has 0 aliphatic rings. The quantitative estimate of drug-likeness (QED) is 0.445. The molecule has 0 radical (unpaired) electrons. The lowest BCUT2D eigenvalue weighted by atomic mass is 10.1. The maximum atomic E-state index is 11.2. The van der Waals surface area contributed by atoms with Gasteiger partial charge in [0.25, 0.3) is 0 Å². The molecule has 0 heterocycles. The van der Waals surface area contributed by atoms with Crippen LogP contribution in [-0.2, 0) is 4.79 Å². The van der Waals surface area contributed by atoms with Crippen LogP contribution in [0.4, 0.5) is 0 Å². The molecule has 0 fully saturated rings. The van der Waals surface area contributed by atoms with Crippen LogP contribution in [0, 0.1) is 0 Å². The normalized spacial score (nSPS) is 10.9. The van der Waals surface area contributed by atoms with Crippen molar-refractivity contribution in [2.24, 2.45) is 0 Å². The summed E-state index contributed by atoms with van der Waals surface area (Å²) >= 11 is 0. The highest BCUT2D eigenvalue weighted by molar-refractivity contribution is 5.86. The number of carbonyl (C=O) groups is 1. The molecular formula is C13H25NO. The van der Waals surface area contributed by atoms with Gasteiger partial charge >= 0.3 is 0 Å². The zero-order chi connectivity index (χ0) is 11.5. The number of hydrogen-bond donors (Lipinski definition) is 0. The zero-order valence-electron chi connectivity index (χ0n) is 10.5. The first kappa shape index (κ1) is 14.2. The van der Waals surface area contributed by atoms with Crippen molar-refractivity contribution in [2.45, 2.75) is 51.9 Å². The Morgan fingerprint density at radius 1 is 1.07 bits per heavy atom. The van der Waals surface area contributed by atoms with Gasteiger partial charge in [-0.15, -0.1) is 0 Å². The fourth-order valence-electron chi connectivity index (χ4n) is 1.38. The lowest BCUT2D eigenvalue weighted by Crippen LogP contribution is -2.18. The minimum atomic E-state index is 0.0842. The average Bonchev–Trinajstić information content (AvgIpc) is 2.21. The predicted octanol–water partition coefficient (Wildman–Crippen LogP) is 3.38. The van der Waals surface area contributed by atoms with Crippen LogP contribution in [0.1, 0.15) is 51.9 Å². The molecule has 2 nitrogen and oxygen atoms in total. The predicted molar refractivity (Wildman–Crippen MR) is 65.8 cm³/mol. The molecule has 0 unspecified atom stereocenters. The summed E-state index contributed by atoms with van der Waals surface area (Å²) in [6.45, 7) is 2.23. The van der Waals surface area contributed by atoms with Crippen molar-refractivity contribution in [1.82, 2.24) is 4.90 Å². The van der Waals surface area contributed by atoms with Crippen LogP contribution < -0.4 is 0 Å². The van der Waals surface area contributed by atoms with Crippen LogP contribution in [0.2, 0.25) is 0 Å². The van der Waals surface area contributed by atoms with Crippen LogP contribution in [0.15, 0.2) is 12.2 Å². The van der Waals surface area contributed by atoms with Crippen LogP contribution in [0.25, 0.3) is 0 Å². The fourth-order valence-corrected chi connectivity index (χ4v) is 1.38. The minimum Gasteiger partial charge on any atom is -0.345 e. The van der Waals surface area contributed by atoms with Gasteiger partial charge in [-0.1, -0.05) is 45.1 Å². The average molecular weight is 211 g/mol. The van der Waals surface area contributed by atoms with Crippen molar-refractivity contribution in [2.75, 3.05) is 14.1 Å². The van der Waals surface area contributed by atoms with E-state index in [-0.39, 0.29) is 5.91 Å². The molecule has 0 N–H and O–H groups in total. The summed E-state index contributed by atoms with van der Waals surface area (Å²) < 4.78 is 0. The maximum Gasteiger partial charge on any atom is 0.245 e. The molecule has 0 atom stereocenters. The van der Waals surface area contributed by atoms with E-state index < -0.39 is 0 Å². The first-order valence-corrected chi connectivity index (χ1v) is 6.06. The number of allylic oxidation sites excluding steroid dienone is 1. The summed E-state index contributed by atoms with van der Waals surface area (Å²) in [5.74, 6) is 0.0842. The van der Waals surface area contributed by atoms with Crippen LogP contribution in [0.3, 0.4) is 0 Å². The molecule has 0 aliphatic heterocycles. The second-order valence-corrected chi connectivity index (χ2v) is 4.19. The lowest BCUT2D eigenvalue weighted by molar-refractivity contribution is -0.123. The number of hydrogen-bond acceptors (Lipinski definition) is 1. The van der Waals surface area contributed by atoms with E-state index in [1.54, 1.807) is 25.1 Å². The van der Waals surface area contributed by atoms with Gasteiger partial charge in [0.1, 0.15) is 0 Å². The van der Waals surface area contributed by atoms with Crippen molar-refractivity contribution in [3.63, 3.8) is 0 Å². The summed E-state index contributed by atoms with van der Waals surface area (Å²) in [5.41, 5.74) is 0. The van der Waals surface area contributed by atoms with Gasteiger partial charge in [0, 0.05) is 14.1 Å². The molecule has 88 valence electrons. The topological polar surface area (TPSA) is 20.3 Å². The Morgan fingerprint density at radius 2 is 1.67 bits per heavy atom. The highest BCUT2D eigenvalue weighted by atomic mass is 16.2. The highest BCUT2D eigenvalue weighted by Crippen LogP contribution is 2.07. The van der Waals surface area contributed by atoms with E-state index in [2.05, 4.69) is 6.92 Å². The zero-order valence-corrected chi connectivity index (χ0v) is 10.5. The van der Waals surface area contributed by atoms with E-state index in [9.17, 15) is 4.79 Å². The van der Waals surface area contributed by atoms with Crippen molar-refractivity contribution in [3.8, 4) is 0 Å². The van der Waals surface area contributed by atoms with Crippen molar-refractivity contribution in [1.29, 1.82) is 0 Å². The number of carbonyl (C=O) groups excluding carboxylic acids is 1. The molecule has 0 bridgehead atoms. The van der Waals surface area contributed by atoms with Gasteiger partial charge in [0.2, 0.25) is 5.91 Å². The monoisotopic (exact) mass is 211 g/mol. The number of rotatable bonds is 8. The van der Waals surface area contributed by atoms with Crippen molar-refractivity contribution >= 4 is 5.91 Å². The van der Waals surface area contributed by atoms with Crippen LogP contribution >= 0.6 is 0 Å². The lowest BCUT2D eigenvalue weighted by Gasteiger charge is -2.04. The molecule has 0 aromatic rings. The van der Waals surface area contributed by atoms with E-state index in [4.69, 9.17) is 0 Å². The standard InChI is InChI=1S/C13H25NO/c1-4-5-6-7-8-9-10-11-12-13(15)14(2)3/h11-12H,4-10H2,1-3H3. The van der Waals surface area contributed by atoms with Crippen molar-refractivity contribution in [3.05, 3.63) is 12.2 Å². The summed E-state index contributed by atoms with van der Waals surface area (Å²) in [7, 11) is 3.55. The van der Waals surface area contributed by atoms with Gasteiger partial charge in [-0.2, -0.15) is 0 Å². The van der Waals surface area contributed by atoms with Gasteiger partial charge in [-0.25, -0.2) is 0 Å². The molecule has 0 rings (SSSR count). The Hall–Kier alpha value is -0.790. The van der Waals surface area contributed by atoms with Gasteiger partial charge in [0.15, 0.2) is 0 Å². The fraction of sp³-hybridized carbons (Fsp3) is 0.769. The molecule has 0 saturated heterocycles. The minimum absolute atomic E-state index is 0.0842. The van der Waals surface area contributed by atoms with Crippen LogP contribution in [-0.4, -0.2) is 24.9 Å². The summed E-state index contributed by atoms with van der Waals surface area (Å²) in [6, 6.07) is 0. The third-order valence-corrected chi connectivity index (χ3v) is 2.43. The molecule has 2 heteroatoms. The second-order valence-electron chi connectivity index (χ2n) is 4.19. The Bertz CT molecular complexity index is 185. The first-order chi connectivity index (χ1) is 7.18. The molecule has 0 spiro atoms. The Kier molecular flexibility index (Phi) is 9.24. The van der Waals surface area contributed by atoms with Gasteiger partial charge in [0.05, 0.1) is 0 Å². The highest BCUT2D eigenvalue weighted by Gasteiger charge is 1.95. The molecule has 0 aromatic heterocycles. The molecule has 15 heavy (non-hydrogen) atoms. The Morgan fingerprint density at radius 3 is 2.27 bits per heavy atom. The molecule has 0 saturated carbocycles. The maximum absolute atomic E-state index is 11.2. The van der Waals surface area contributed by atoms with Gasteiger partial charge in [-0.3, -0.25) is 4.79 Å². The van der Waals surface area contributed by atoms with Gasteiger partial charge < -0.3 is 4.90 Å². The second kappa shape index (κ2) is 9.75. The first-order valence-electron chi connectivity index (χ1n) is 6.06. The van der Waals surface area contributed by atoms with Crippen LogP contribution in [0.5, 0.6) is 0 Å². The summed E-state index contributed by atoms with van der Waals surface area (Å²) in [6.07, 6.45) is 12.5. The summed E-state index contributed by atoms with van der Waals surface area (Å²) in [4.78, 5) is 12.8. The molecule has 0 aliphatic carbocycles. The number of nitrogens with zero attached hydrogens (tertiary/aromatic N) is 1. The van der Waals surface area contributed by atoms with E-state index in [0.717, 1.165) is 6.42 Å². The SMILES string of the molecule is CCCCCCCCC=CC(=O)N(C)C. The Labute approximate surface area is 94.4 Å². The number of likely N-dealkylation sites (N-methyl/N-ethyl adjacent to an activating group) is 1. The van der Waals surface area contributed by atoms with E-state index in [0.29, 0.717) is 0 Å². The largest absolute Gasteiger partial charge is 0.345 e. The Balaban J connectivity index is 3.27. The van der Waals surface area contributed by atoms with E-state index >= 15 is 0 Å². The molecule has 0 aromatic carbocycles. The molecule has 1 amide bonds.